The number of nitrogens with one attached hydrogen (secondary N) is 2. The van der Waals surface area contributed by atoms with Crippen molar-refractivity contribution in [3.63, 3.8) is 0 Å². The summed E-state index contributed by atoms with van der Waals surface area (Å²) >= 11 is 7.08. The van der Waals surface area contributed by atoms with Gasteiger partial charge in [-0.15, -0.1) is 10.2 Å². The molecule has 12 heteroatoms. The van der Waals surface area contributed by atoms with Crippen molar-refractivity contribution in [3.05, 3.63) is 99.3 Å². The number of hydrogen-bond acceptors (Lipinski definition) is 5. The van der Waals surface area contributed by atoms with Crippen LogP contribution in [0.5, 0.6) is 0 Å². The van der Waals surface area contributed by atoms with Crippen molar-refractivity contribution in [2.24, 2.45) is 0 Å². The molecule has 43 heavy (non-hydrogen) atoms. The van der Waals surface area contributed by atoms with E-state index >= 15 is 0 Å². The summed E-state index contributed by atoms with van der Waals surface area (Å²) < 4.78 is 41.2. The van der Waals surface area contributed by atoms with Gasteiger partial charge < -0.3 is 10.6 Å². The summed E-state index contributed by atoms with van der Waals surface area (Å²) in [5, 5.41) is 14.2. The molecule has 3 aromatic carbocycles. The first-order valence-corrected chi connectivity index (χ1v) is 14.7. The number of rotatable bonds is 8. The predicted molar refractivity (Wildman–Crippen MR) is 163 cm³/mol. The number of carbonyl (C=O) groups excluding carboxylic acids is 2. The van der Waals surface area contributed by atoms with Crippen molar-refractivity contribution < 1.29 is 22.8 Å². The number of nitrogens with zero attached hydrogens (tertiary/aromatic N) is 3. The number of alkyl halides is 3. The monoisotopic (exact) mass is 629 g/mol. The highest BCUT2D eigenvalue weighted by atomic mass is 35.5. The number of halogens is 4. The molecule has 0 fully saturated rings. The zero-order valence-corrected chi connectivity index (χ0v) is 25.8. The molecule has 0 aliphatic rings. The topological polar surface area (TPSA) is 88.9 Å². The lowest BCUT2D eigenvalue weighted by Gasteiger charge is -2.19. The first kappa shape index (κ1) is 32.1. The molecule has 0 radical (unpaired) electrons. The van der Waals surface area contributed by atoms with Crippen molar-refractivity contribution in [3.8, 4) is 5.69 Å². The number of hydrogen-bond donors (Lipinski definition) is 2. The Labute approximate surface area is 257 Å². The zero-order chi connectivity index (χ0) is 31.5. The van der Waals surface area contributed by atoms with Crippen LogP contribution < -0.4 is 10.6 Å². The normalized spacial score (nSPS) is 11.8. The molecule has 226 valence electrons. The molecule has 1 aromatic heterocycles. The molecule has 0 atom stereocenters. The van der Waals surface area contributed by atoms with Crippen molar-refractivity contribution in [1.29, 1.82) is 0 Å². The number of aryl methyl sites for hydroxylation is 1. The Bertz CT molecular complexity index is 1650. The average Bonchev–Trinajstić information content (AvgIpc) is 3.34. The van der Waals surface area contributed by atoms with E-state index in [9.17, 15) is 22.8 Å². The smallest absolute Gasteiger partial charge is 0.345 e. The largest absolute Gasteiger partial charge is 0.416 e. The van der Waals surface area contributed by atoms with E-state index in [2.05, 4.69) is 41.6 Å². The molecular formula is C31H31ClF3N5O2S. The quantitative estimate of drug-likeness (QED) is 0.197. The highest BCUT2D eigenvalue weighted by Crippen LogP contribution is 2.34. The second-order valence-corrected chi connectivity index (χ2v) is 12.3. The van der Waals surface area contributed by atoms with Crippen molar-refractivity contribution in [2.75, 3.05) is 11.1 Å². The number of benzene rings is 3. The lowest BCUT2D eigenvalue weighted by molar-refractivity contribution is -0.137. The van der Waals surface area contributed by atoms with Gasteiger partial charge in [0.15, 0.2) is 11.0 Å². The van der Waals surface area contributed by atoms with Crippen LogP contribution in [0.1, 0.15) is 59.2 Å². The summed E-state index contributed by atoms with van der Waals surface area (Å²) in [4.78, 5) is 25.7. The molecule has 0 bridgehead atoms. The van der Waals surface area contributed by atoms with Gasteiger partial charge in [0.1, 0.15) is 0 Å². The summed E-state index contributed by atoms with van der Waals surface area (Å²) in [6.45, 7) is 10.3. The van der Waals surface area contributed by atoms with E-state index in [1.165, 1.54) is 0 Å². The third-order valence-electron chi connectivity index (χ3n) is 6.84. The van der Waals surface area contributed by atoms with Crippen molar-refractivity contribution in [2.45, 2.75) is 57.9 Å². The number of thioether (sulfide) groups is 1. The molecule has 0 unspecified atom stereocenters. The Morgan fingerprint density at radius 3 is 2.28 bits per heavy atom. The van der Waals surface area contributed by atoms with E-state index < -0.39 is 17.6 Å². The lowest BCUT2D eigenvalue weighted by atomic mass is 9.87. The molecule has 4 aromatic rings. The van der Waals surface area contributed by atoms with Crippen molar-refractivity contribution in [1.82, 2.24) is 20.1 Å². The fraction of sp³-hybridized carbons (Fsp3) is 0.290. The van der Waals surface area contributed by atoms with Gasteiger partial charge in [-0.2, -0.15) is 13.2 Å². The molecule has 2 amide bonds. The van der Waals surface area contributed by atoms with Crippen molar-refractivity contribution >= 4 is 40.9 Å². The third-order valence-corrected chi connectivity index (χ3v) is 8.10. The van der Waals surface area contributed by atoms with Gasteiger partial charge in [0.2, 0.25) is 5.91 Å². The van der Waals surface area contributed by atoms with E-state index in [1.807, 2.05) is 44.2 Å². The Kier molecular flexibility index (Phi) is 9.56. The first-order valence-electron chi connectivity index (χ1n) is 13.3. The Balaban J connectivity index is 1.53. The van der Waals surface area contributed by atoms with Gasteiger partial charge in [0, 0.05) is 5.56 Å². The Morgan fingerprint density at radius 1 is 0.953 bits per heavy atom. The highest BCUT2D eigenvalue weighted by molar-refractivity contribution is 7.99. The van der Waals surface area contributed by atoms with Gasteiger partial charge in [-0.3, -0.25) is 14.2 Å². The maximum Gasteiger partial charge on any atom is 0.416 e. The van der Waals surface area contributed by atoms with Crippen LogP contribution in [0, 0.1) is 13.8 Å². The average molecular weight is 630 g/mol. The van der Waals surface area contributed by atoms with Gasteiger partial charge in [0.05, 0.1) is 34.3 Å². The molecule has 2 N–H and O–H groups in total. The molecule has 0 spiro atoms. The molecule has 0 saturated carbocycles. The number of amides is 2. The number of carbonyl (C=O) groups is 2. The minimum atomic E-state index is -4.58. The van der Waals surface area contributed by atoms with Gasteiger partial charge in [0.25, 0.3) is 5.91 Å². The maximum atomic E-state index is 13.1. The summed E-state index contributed by atoms with van der Waals surface area (Å²) in [7, 11) is 0. The molecule has 0 aliphatic heterocycles. The minimum absolute atomic E-state index is 0.0176. The molecular weight excluding hydrogens is 599 g/mol. The molecule has 7 nitrogen and oxygen atoms in total. The molecule has 0 aliphatic carbocycles. The molecule has 4 rings (SSSR count). The SMILES string of the molecule is Cc1cccc(-n2c(CNC(=O)c3ccc(C(C)(C)C)cc3)nnc2SCC(=O)Nc2cc(C(F)(F)F)ccc2Cl)c1C. The first-order chi connectivity index (χ1) is 20.1. The van der Waals surface area contributed by atoms with Gasteiger partial charge in [-0.25, -0.2) is 0 Å². The van der Waals surface area contributed by atoms with Gasteiger partial charge in [-0.05, 0) is 72.4 Å². The van der Waals surface area contributed by atoms with Crippen LogP contribution in [-0.4, -0.2) is 32.3 Å². The molecule has 1 heterocycles. The van der Waals surface area contributed by atoms with Crippen LogP contribution in [0.3, 0.4) is 0 Å². The van der Waals surface area contributed by atoms with Crippen LogP contribution in [0.2, 0.25) is 5.02 Å². The van der Waals surface area contributed by atoms with E-state index in [1.54, 1.807) is 16.7 Å². The van der Waals surface area contributed by atoms with Crippen LogP contribution >= 0.6 is 23.4 Å². The Hall–Kier alpha value is -3.83. The molecule has 0 saturated heterocycles. The van der Waals surface area contributed by atoms with Crippen LogP contribution in [0.4, 0.5) is 18.9 Å². The van der Waals surface area contributed by atoms with E-state index in [-0.39, 0.29) is 34.3 Å². The Morgan fingerprint density at radius 2 is 1.63 bits per heavy atom. The second kappa shape index (κ2) is 12.8. The summed E-state index contributed by atoms with van der Waals surface area (Å²) in [5.41, 5.74) is 3.25. The fourth-order valence-corrected chi connectivity index (χ4v) is 5.15. The van der Waals surface area contributed by atoms with Crippen LogP contribution in [0.25, 0.3) is 5.69 Å². The fourth-order valence-electron chi connectivity index (χ4n) is 4.22. The third kappa shape index (κ3) is 7.77. The van der Waals surface area contributed by atoms with E-state index in [0.29, 0.717) is 16.5 Å². The zero-order valence-electron chi connectivity index (χ0n) is 24.3. The summed E-state index contributed by atoms with van der Waals surface area (Å²) in [5.74, 6) is -0.586. The highest BCUT2D eigenvalue weighted by Gasteiger charge is 2.31. The predicted octanol–water partition coefficient (Wildman–Crippen LogP) is 7.51. The summed E-state index contributed by atoms with van der Waals surface area (Å²) in [6.07, 6.45) is -4.58. The van der Waals surface area contributed by atoms with E-state index in [0.717, 1.165) is 52.3 Å². The van der Waals surface area contributed by atoms with Gasteiger partial charge in [-0.1, -0.05) is 68.4 Å². The number of aromatic nitrogens is 3. The minimum Gasteiger partial charge on any atom is -0.345 e. The maximum absolute atomic E-state index is 13.1. The van der Waals surface area contributed by atoms with Gasteiger partial charge >= 0.3 is 6.18 Å². The second-order valence-electron chi connectivity index (χ2n) is 11.0. The van der Waals surface area contributed by atoms with E-state index in [4.69, 9.17) is 11.6 Å². The van der Waals surface area contributed by atoms with Crippen LogP contribution in [-0.2, 0) is 22.9 Å². The lowest BCUT2D eigenvalue weighted by Crippen LogP contribution is -2.25. The standard InChI is InChI=1S/C31H31ClF3N5O2S/c1-18-7-6-8-25(19(18)2)40-26(16-36-28(42)20-9-11-21(12-10-20)30(3,4)5)38-39-29(40)43-17-27(41)37-24-15-22(31(33,34)35)13-14-23(24)32/h6-15H,16-17H2,1-5H3,(H,36,42)(H,37,41). The summed E-state index contributed by atoms with van der Waals surface area (Å²) in [6, 6.07) is 15.9. The van der Waals surface area contributed by atoms with Crippen LogP contribution in [0.15, 0.2) is 65.8 Å². The number of anilines is 1.